The summed E-state index contributed by atoms with van der Waals surface area (Å²) in [4.78, 5) is 13.2. The highest BCUT2D eigenvalue weighted by atomic mass is 16.3. The van der Waals surface area contributed by atoms with Gasteiger partial charge in [-0.1, -0.05) is 17.7 Å². The highest BCUT2D eigenvalue weighted by Gasteiger charge is 2.28. The van der Waals surface area contributed by atoms with E-state index in [0.29, 0.717) is 6.42 Å². The zero-order valence-corrected chi connectivity index (χ0v) is 9.24. The number of rotatable bonds is 1. The van der Waals surface area contributed by atoms with Crippen LogP contribution in [0.25, 0.3) is 0 Å². The molecule has 0 bridgehead atoms. The minimum Gasteiger partial charge on any atom is -0.389 e. The molecule has 1 atom stereocenters. The van der Waals surface area contributed by atoms with Crippen molar-refractivity contribution < 1.29 is 9.90 Å². The molecule has 1 heterocycles. The summed E-state index contributed by atoms with van der Waals surface area (Å²) in [6.07, 6.45) is -0.0836. The summed E-state index contributed by atoms with van der Waals surface area (Å²) in [5.41, 5.74) is 3.85. The van der Waals surface area contributed by atoms with Gasteiger partial charge < -0.3 is 10.0 Å². The second-order valence-corrected chi connectivity index (χ2v) is 4.17. The molecule has 0 saturated heterocycles. The monoisotopic (exact) mass is 205 g/mol. The summed E-state index contributed by atoms with van der Waals surface area (Å²) in [5, 5.41) is 9.68. The van der Waals surface area contributed by atoms with Crippen molar-refractivity contribution in [1.29, 1.82) is 0 Å². The van der Waals surface area contributed by atoms with Crippen molar-refractivity contribution >= 4 is 11.6 Å². The van der Waals surface area contributed by atoms with Crippen LogP contribution in [0.3, 0.4) is 0 Å². The molecule has 1 unspecified atom stereocenters. The molecular weight excluding hydrogens is 190 g/mol. The van der Waals surface area contributed by atoms with E-state index in [1.54, 1.807) is 18.9 Å². The van der Waals surface area contributed by atoms with E-state index in [-0.39, 0.29) is 5.91 Å². The third-order valence-electron chi connectivity index (χ3n) is 2.86. The van der Waals surface area contributed by atoms with Crippen LogP contribution in [0.5, 0.6) is 0 Å². The van der Waals surface area contributed by atoms with Gasteiger partial charge >= 0.3 is 0 Å². The number of carbonyl (C=O) groups is 1. The molecule has 3 heteroatoms. The van der Waals surface area contributed by atoms with Crippen LogP contribution >= 0.6 is 0 Å². The lowest BCUT2D eigenvalue weighted by atomic mass is 10.0. The Hall–Kier alpha value is -1.35. The molecule has 1 amide bonds. The molecule has 1 N–H and O–H groups in total. The lowest BCUT2D eigenvalue weighted by molar-refractivity contribution is -0.117. The fourth-order valence-corrected chi connectivity index (χ4v) is 2.15. The maximum Gasteiger partial charge on any atom is 0.231 e. The molecule has 1 aliphatic rings. The van der Waals surface area contributed by atoms with Crippen molar-refractivity contribution in [2.75, 3.05) is 11.9 Å². The van der Waals surface area contributed by atoms with Crippen LogP contribution in [-0.4, -0.2) is 18.1 Å². The van der Waals surface area contributed by atoms with Gasteiger partial charge in [0.15, 0.2) is 0 Å². The number of aryl methyl sites for hydroxylation is 1. The predicted molar refractivity (Wildman–Crippen MR) is 58.9 cm³/mol. The third kappa shape index (κ3) is 1.53. The number of fused-ring (bicyclic) bond motifs is 1. The summed E-state index contributed by atoms with van der Waals surface area (Å²) in [6.45, 7) is 3.71. The summed E-state index contributed by atoms with van der Waals surface area (Å²) < 4.78 is 0. The third-order valence-corrected chi connectivity index (χ3v) is 2.86. The van der Waals surface area contributed by atoms with Gasteiger partial charge in [-0.25, -0.2) is 0 Å². The molecule has 0 saturated carbocycles. The molecule has 0 radical (unpaired) electrons. The minimum absolute atomic E-state index is 0.0949. The highest BCUT2D eigenvalue weighted by Crippen LogP contribution is 2.35. The zero-order chi connectivity index (χ0) is 11.2. The smallest absolute Gasteiger partial charge is 0.231 e. The zero-order valence-electron chi connectivity index (χ0n) is 9.24. The second kappa shape index (κ2) is 3.35. The van der Waals surface area contributed by atoms with Gasteiger partial charge in [-0.15, -0.1) is 0 Å². The first-order valence-corrected chi connectivity index (χ1v) is 5.08. The van der Waals surface area contributed by atoms with E-state index < -0.39 is 6.10 Å². The molecule has 80 valence electrons. The molecule has 0 fully saturated rings. The Balaban J connectivity index is 2.63. The predicted octanol–water partition coefficient (Wildman–Crippen LogP) is 1.57. The molecule has 1 aromatic carbocycles. The standard InChI is InChI=1S/C12H15NO2/c1-7-4-9-6-11(15)13(3)12(9)10(5-7)8(2)14/h4-5,8,14H,6H2,1-3H3. The van der Waals surface area contributed by atoms with Crippen molar-refractivity contribution in [2.45, 2.75) is 26.4 Å². The fraction of sp³-hybridized carbons (Fsp3) is 0.417. The van der Waals surface area contributed by atoms with Gasteiger partial charge in [0, 0.05) is 12.6 Å². The fourth-order valence-electron chi connectivity index (χ4n) is 2.15. The Morgan fingerprint density at radius 2 is 2.13 bits per heavy atom. The van der Waals surface area contributed by atoms with E-state index in [9.17, 15) is 9.90 Å². The van der Waals surface area contributed by atoms with Crippen LogP contribution in [0.1, 0.15) is 29.7 Å². The average molecular weight is 205 g/mol. The molecular formula is C12H15NO2. The molecule has 15 heavy (non-hydrogen) atoms. The largest absolute Gasteiger partial charge is 0.389 e. The first-order valence-electron chi connectivity index (χ1n) is 5.08. The van der Waals surface area contributed by atoms with Crippen LogP contribution in [0, 0.1) is 6.92 Å². The quantitative estimate of drug-likeness (QED) is 0.756. The lowest BCUT2D eigenvalue weighted by Crippen LogP contribution is -2.22. The number of nitrogens with zero attached hydrogens (tertiary/aromatic N) is 1. The number of benzene rings is 1. The van der Waals surface area contributed by atoms with E-state index in [0.717, 1.165) is 22.4 Å². The second-order valence-electron chi connectivity index (χ2n) is 4.17. The number of aliphatic hydroxyl groups excluding tert-OH is 1. The number of carbonyl (C=O) groups excluding carboxylic acids is 1. The van der Waals surface area contributed by atoms with Gasteiger partial charge in [-0.2, -0.15) is 0 Å². The van der Waals surface area contributed by atoms with Crippen LogP contribution in [0.15, 0.2) is 12.1 Å². The minimum atomic E-state index is -0.535. The topological polar surface area (TPSA) is 40.5 Å². The molecule has 0 spiro atoms. The lowest BCUT2D eigenvalue weighted by Gasteiger charge is -2.17. The summed E-state index contributed by atoms with van der Waals surface area (Å²) >= 11 is 0. The van der Waals surface area contributed by atoms with Crippen molar-refractivity contribution in [3.05, 3.63) is 28.8 Å². The molecule has 1 aliphatic heterocycles. The number of aliphatic hydroxyl groups is 1. The van der Waals surface area contributed by atoms with Crippen LogP contribution < -0.4 is 4.90 Å². The van der Waals surface area contributed by atoms with E-state index in [2.05, 4.69) is 0 Å². The SMILES string of the molecule is Cc1cc2c(c(C(C)O)c1)N(C)C(=O)C2. The average Bonchev–Trinajstić information content (AvgIpc) is 2.41. The molecule has 0 aromatic heterocycles. The highest BCUT2D eigenvalue weighted by molar-refractivity contribution is 6.02. The van der Waals surface area contributed by atoms with Crippen LogP contribution in [0.2, 0.25) is 0 Å². The van der Waals surface area contributed by atoms with Crippen molar-refractivity contribution in [3.63, 3.8) is 0 Å². The van der Waals surface area contributed by atoms with E-state index in [1.807, 2.05) is 19.1 Å². The van der Waals surface area contributed by atoms with Crippen molar-refractivity contribution in [2.24, 2.45) is 0 Å². The Kier molecular flexibility index (Phi) is 2.27. The van der Waals surface area contributed by atoms with Gasteiger partial charge in [-0.05, 0) is 19.4 Å². The number of hydrogen-bond acceptors (Lipinski definition) is 2. The Bertz CT molecular complexity index is 424. The maximum atomic E-state index is 11.6. The van der Waals surface area contributed by atoms with Crippen molar-refractivity contribution in [3.8, 4) is 0 Å². The van der Waals surface area contributed by atoms with Gasteiger partial charge in [0.05, 0.1) is 18.2 Å². The van der Waals surface area contributed by atoms with Gasteiger partial charge in [0.1, 0.15) is 0 Å². The summed E-state index contributed by atoms with van der Waals surface area (Å²) in [7, 11) is 1.76. The van der Waals surface area contributed by atoms with Gasteiger partial charge in [0.2, 0.25) is 5.91 Å². The number of hydrogen-bond donors (Lipinski definition) is 1. The maximum absolute atomic E-state index is 11.6. The Morgan fingerprint density at radius 3 is 2.73 bits per heavy atom. The van der Waals surface area contributed by atoms with Gasteiger partial charge in [-0.3, -0.25) is 4.79 Å². The van der Waals surface area contributed by atoms with Crippen LogP contribution in [0.4, 0.5) is 5.69 Å². The number of amides is 1. The molecule has 1 aromatic rings. The van der Waals surface area contributed by atoms with Crippen molar-refractivity contribution in [1.82, 2.24) is 0 Å². The van der Waals surface area contributed by atoms with Gasteiger partial charge in [0.25, 0.3) is 0 Å². The Labute approximate surface area is 89.3 Å². The molecule has 3 nitrogen and oxygen atoms in total. The number of likely N-dealkylation sites (N-methyl/N-ethyl adjacent to an activating group) is 1. The normalized spacial score (nSPS) is 16.8. The summed E-state index contributed by atoms with van der Waals surface area (Å²) in [6, 6.07) is 3.96. The van der Waals surface area contributed by atoms with E-state index >= 15 is 0 Å². The van der Waals surface area contributed by atoms with Crippen LogP contribution in [-0.2, 0) is 11.2 Å². The van der Waals surface area contributed by atoms with E-state index in [4.69, 9.17) is 0 Å². The Morgan fingerprint density at radius 1 is 1.47 bits per heavy atom. The molecule has 0 aliphatic carbocycles. The van der Waals surface area contributed by atoms with E-state index in [1.165, 1.54) is 0 Å². The summed E-state index contributed by atoms with van der Waals surface area (Å²) in [5.74, 6) is 0.0949. The number of anilines is 1. The first-order chi connectivity index (χ1) is 7.00. The first kappa shape index (κ1) is 10.2. The molecule has 2 rings (SSSR count).